The van der Waals surface area contributed by atoms with Crippen molar-refractivity contribution in [2.24, 2.45) is 5.14 Å². The maximum Gasteiger partial charge on any atom is 0.248 e. The second kappa shape index (κ2) is 8.31. The predicted molar refractivity (Wildman–Crippen MR) is 112 cm³/mol. The predicted octanol–water partition coefficient (Wildman–Crippen LogP) is 3.16. The summed E-state index contributed by atoms with van der Waals surface area (Å²) in [5.74, 6) is -0.400. The fraction of sp³-hybridized carbons (Fsp3) is 0.143. The van der Waals surface area contributed by atoms with Crippen LogP contribution < -0.4 is 10.5 Å². The first-order valence-electron chi connectivity index (χ1n) is 8.87. The molecule has 1 aromatic heterocycles. The summed E-state index contributed by atoms with van der Waals surface area (Å²) in [7, 11) is -3.87. The molecule has 1 heterocycles. The van der Waals surface area contributed by atoms with Crippen molar-refractivity contribution >= 4 is 38.6 Å². The van der Waals surface area contributed by atoms with E-state index in [1.807, 2.05) is 35.0 Å². The van der Waals surface area contributed by atoms with E-state index in [9.17, 15) is 13.2 Å². The minimum absolute atomic E-state index is 0.0279. The van der Waals surface area contributed by atoms with E-state index < -0.39 is 15.9 Å². The third-order valence-corrected chi connectivity index (χ3v) is 5.51. The zero-order valence-electron chi connectivity index (χ0n) is 15.8. The van der Waals surface area contributed by atoms with Crippen molar-refractivity contribution in [1.82, 2.24) is 4.57 Å². The van der Waals surface area contributed by atoms with Gasteiger partial charge in [-0.15, -0.1) is 0 Å². The molecule has 3 rings (SSSR count). The lowest BCUT2D eigenvalue weighted by molar-refractivity contribution is -0.111. The molecule has 3 aromatic rings. The Morgan fingerprint density at radius 1 is 1.28 bits per heavy atom. The van der Waals surface area contributed by atoms with Crippen molar-refractivity contribution in [3.63, 3.8) is 0 Å². The van der Waals surface area contributed by atoms with Crippen LogP contribution >= 0.6 is 0 Å². The van der Waals surface area contributed by atoms with Gasteiger partial charge in [-0.2, -0.15) is 5.26 Å². The number of carbonyl (C=O) groups is 1. The van der Waals surface area contributed by atoms with Gasteiger partial charge < -0.3 is 9.88 Å². The monoisotopic (exact) mass is 408 g/mol. The Morgan fingerprint density at radius 3 is 2.76 bits per heavy atom. The summed E-state index contributed by atoms with van der Waals surface area (Å²) >= 11 is 0. The third kappa shape index (κ3) is 4.71. The fourth-order valence-corrected chi connectivity index (χ4v) is 3.91. The second-order valence-corrected chi connectivity index (χ2v) is 8.08. The second-order valence-electron chi connectivity index (χ2n) is 6.55. The lowest BCUT2D eigenvalue weighted by atomic mass is 10.1. The van der Waals surface area contributed by atoms with E-state index in [1.165, 1.54) is 12.1 Å². The highest BCUT2D eigenvalue weighted by atomic mass is 32.2. The molecule has 0 atom stereocenters. The van der Waals surface area contributed by atoms with E-state index in [0.29, 0.717) is 24.2 Å². The molecule has 0 aliphatic carbocycles. The number of sulfonamides is 1. The van der Waals surface area contributed by atoms with Crippen molar-refractivity contribution in [2.75, 3.05) is 5.32 Å². The van der Waals surface area contributed by atoms with Crippen LogP contribution in [-0.4, -0.2) is 18.9 Å². The highest BCUT2D eigenvalue weighted by Gasteiger charge is 2.13. The van der Waals surface area contributed by atoms with Gasteiger partial charge in [0.15, 0.2) is 0 Å². The smallest absolute Gasteiger partial charge is 0.248 e. The minimum atomic E-state index is -3.87. The number of nitrogens with one attached hydrogen (secondary N) is 1. The van der Waals surface area contributed by atoms with E-state index in [2.05, 4.69) is 11.4 Å². The minimum Gasteiger partial charge on any atom is -0.346 e. The molecule has 7 nitrogen and oxygen atoms in total. The van der Waals surface area contributed by atoms with E-state index in [1.54, 1.807) is 25.1 Å². The zero-order valence-corrected chi connectivity index (χ0v) is 16.6. The quantitative estimate of drug-likeness (QED) is 0.609. The van der Waals surface area contributed by atoms with Gasteiger partial charge in [-0.05, 0) is 36.8 Å². The first-order valence-corrected chi connectivity index (χ1v) is 10.4. The lowest BCUT2D eigenvalue weighted by Gasteiger charge is -2.07. The van der Waals surface area contributed by atoms with Crippen LogP contribution in [0.2, 0.25) is 0 Å². The standard InChI is InChI=1S/C21H20N4O3S/c1-15-7-9-17(13-20(15)29(23,27)28)24-21(26)10-8-16-14-25(12-4-11-22)19-6-3-2-5-18(16)19/h2-3,5-10,13-14H,4,12H2,1H3,(H,24,26)(H2,23,27,28)/b10-8+. The largest absolute Gasteiger partial charge is 0.346 e. The van der Waals surface area contributed by atoms with Crippen LogP contribution in [0.1, 0.15) is 17.5 Å². The van der Waals surface area contributed by atoms with Crippen LogP contribution in [0.15, 0.2) is 59.6 Å². The molecular weight excluding hydrogens is 388 g/mol. The number of carbonyl (C=O) groups excluding carboxylic acids is 1. The molecule has 0 aliphatic rings. The molecule has 3 N–H and O–H groups in total. The maximum atomic E-state index is 12.3. The molecule has 2 aromatic carbocycles. The van der Waals surface area contributed by atoms with E-state index in [0.717, 1.165) is 16.5 Å². The number of nitriles is 1. The SMILES string of the molecule is Cc1ccc(NC(=O)/C=C/c2cn(CCC#N)c3ccccc23)cc1S(N)(=O)=O. The summed E-state index contributed by atoms with van der Waals surface area (Å²) in [6.45, 7) is 2.20. The molecule has 0 saturated heterocycles. The zero-order chi connectivity index (χ0) is 21.0. The Hall–Kier alpha value is -3.41. The number of aromatic nitrogens is 1. The molecule has 1 amide bonds. The molecule has 29 heavy (non-hydrogen) atoms. The van der Waals surface area contributed by atoms with Crippen molar-refractivity contribution in [1.29, 1.82) is 5.26 Å². The first-order chi connectivity index (χ1) is 13.8. The van der Waals surface area contributed by atoms with Gasteiger partial charge in [0.25, 0.3) is 0 Å². The topological polar surface area (TPSA) is 118 Å². The summed E-state index contributed by atoms with van der Waals surface area (Å²) in [5, 5.41) is 17.7. The van der Waals surface area contributed by atoms with Gasteiger partial charge in [0.05, 0.1) is 17.4 Å². The molecule has 0 radical (unpaired) electrons. The fourth-order valence-electron chi connectivity index (χ4n) is 3.10. The lowest BCUT2D eigenvalue weighted by Crippen LogP contribution is -2.15. The van der Waals surface area contributed by atoms with Gasteiger partial charge in [-0.1, -0.05) is 24.3 Å². The number of primary sulfonamides is 1. The number of benzene rings is 2. The first kappa shape index (κ1) is 20.3. The van der Waals surface area contributed by atoms with Gasteiger partial charge in [0.1, 0.15) is 0 Å². The van der Waals surface area contributed by atoms with Gasteiger partial charge in [0, 0.05) is 41.0 Å². The average molecular weight is 408 g/mol. The van der Waals surface area contributed by atoms with Crippen molar-refractivity contribution in [3.05, 3.63) is 65.9 Å². The number of anilines is 1. The Bertz CT molecular complexity index is 1250. The van der Waals surface area contributed by atoms with Gasteiger partial charge in [0.2, 0.25) is 15.9 Å². The molecule has 0 fully saturated rings. The molecule has 148 valence electrons. The number of hydrogen-bond donors (Lipinski definition) is 2. The summed E-state index contributed by atoms with van der Waals surface area (Å²) in [6.07, 6.45) is 5.36. The number of nitrogens with zero attached hydrogens (tertiary/aromatic N) is 2. The molecule has 0 aliphatic heterocycles. The van der Waals surface area contributed by atoms with Crippen LogP contribution in [0.5, 0.6) is 0 Å². The Labute approximate surface area is 169 Å². The summed E-state index contributed by atoms with van der Waals surface area (Å²) in [6, 6.07) is 14.4. The number of para-hydroxylation sites is 1. The molecule has 8 heteroatoms. The maximum absolute atomic E-state index is 12.3. The third-order valence-electron chi connectivity index (χ3n) is 4.46. The van der Waals surface area contributed by atoms with E-state index in [4.69, 9.17) is 10.4 Å². The highest BCUT2D eigenvalue weighted by Crippen LogP contribution is 2.23. The summed E-state index contributed by atoms with van der Waals surface area (Å²) < 4.78 is 25.2. The number of rotatable bonds is 6. The van der Waals surface area contributed by atoms with Crippen LogP contribution in [-0.2, 0) is 21.4 Å². The van der Waals surface area contributed by atoms with Gasteiger partial charge >= 0.3 is 0 Å². The van der Waals surface area contributed by atoms with E-state index >= 15 is 0 Å². The Balaban J connectivity index is 1.82. The molecule has 0 unspecified atom stereocenters. The molecule has 0 saturated carbocycles. The highest BCUT2D eigenvalue weighted by molar-refractivity contribution is 7.89. The molecule has 0 spiro atoms. The van der Waals surface area contributed by atoms with Gasteiger partial charge in [-0.25, -0.2) is 13.6 Å². The van der Waals surface area contributed by atoms with E-state index in [-0.39, 0.29) is 4.90 Å². The summed E-state index contributed by atoms with van der Waals surface area (Å²) in [4.78, 5) is 12.3. The number of hydrogen-bond acceptors (Lipinski definition) is 4. The number of fused-ring (bicyclic) bond motifs is 1. The molecule has 0 bridgehead atoms. The van der Waals surface area contributed by atoms with Gasteiger partial charge in [-0.3, -0.25) is 4.79 Å². The molecular formula is C21H20N4O3S. The normalized spacial score (nSPS) is 11.6. The van der Waals surface area contributed by atoms with Crippen molar-refractivity contribution in [3.8, 4) is 6.07 Å². The number of aryl methyl sites for hydroxylation is 2. The number of amides is 1. The van der Waals surface area contributed by atoms with Crippen LogP contribution in [0.4, 0.5) is 5.69 Å². The Kier molecular flexibility index (Phi) is 5.82. The average Bonchev–Trinajstić information content (AvgIpc) is 3.03. The van der Waals surface area contributed by atoms with Crippen LogP contribution in [0, 0.1) is 18.3 Å². The van der Waals surface area contributed by atoms with Crippen molar-refractivity contribution < 1.29 is 13.2 Å². The van der Waals surface area contributed by atoms with Crippen molar-refractivity contribution in [2.45, 2.75) is 24.8 Å². The van der Waals surface area contributed by atoms with Crippen LogP contribution in [0.25, 0.3) is 17.0 Å². The summed E-state index contributed by atoms with van der Waals surface area (Å²) in [5.41, 5.74) is 2.68. The van der Waals surface area contributed by atoms with Crippen LogP contribution in [0.3, 0.4) is 0 Å². The Morgan fingerprint density at radius 2 is 2.03 bits per heavy atom. The number of nitrogens with two attached hydrogens (primary N) is 1.